The summed E-state index contributed by atoms with van der Waals surface area (Å²) in [5.41, 5.74) is 0.328. The van der Waals surface area contributed by atoms with Crippen molar-refractivity contribution in [3.8, 4) is 0 Å². The molecule has 1 rings (SSSR count). The summed E-state index contributed by atoms with van der Waals surface area (Å²) in [6.45, 7) is 6.51. The van der Waals surface area contributed by atoms with Crippen LogP contribution in [0.1, 0.15) is 33.6 Å². The van der Waals surface area contributed by atoms with Gasteiger partial charge in [0.25, 0.3) is 0 Å². The van der Waals surface area contributed by atoms with Crippen LogP contribution in [0.2, 0.25) is 0 Å². The van der Waals surface area contributed by atoms with E-state index >= 15 is 0 Å². The van der Waals surface area contributed by atoms with Crippen LogP contribution in [0.25, 0.3) is 0 Å². The second-order valence-corrected chi connectivity index (χ2v) is 4.46. The van der Waals surface area contributed by atoms with Crippen LogP contribution in [-0.2, 0) is 0 Å². The van der Waals surface area contributed by atoms with Gasteiger partial charge >= 0.3 is 0 Å². The minimum absolute atomic E-state index is 0.109. The van der Waals surface area contributed by atoms with Crippen molar-refractivity contribution in [1.29, 1.82) is 0 Å². The molecule has 1 heteroatoms. The van der Waals surface area contributed by atoms with E-state index in [1.54, 1.807) is 0 Å². The lowest BCUT2D eigenvalue weighted by Gasteiger charge is -2.44. The highest BCUT2D eigenvalue weighted by Crippen LogP contribution is 2.45. The molecule has 2 atom stereocenters. The lowest BCUT2D eigenvalue weighted by Crippen LogP contribution is -2.37. The molecular formula is C9H17F. The topological polar surface area (TPSA) is 0 Å². The number of alkyl halides is 1. The zero-order valence-corrected chi connectivity index (χ0v) is 7.15. The van der Waals surface area contributed by atoms with Crippen molar-refractivity contribution in [3.05, 3.63) is 0 Å². The summed E-state index contributed by atoms with van der Waals surface area (Å²) in [7, 11) is 0. The molecule has 0 saturated heterocycles. The molecule has 1 aliphatic carbocycles. The first-order valence-corrected chi connectivity index (χ1v) is 4.11. The highest BCUT2D eigenvalue weighted by molar-refractivity contribution is 4.88. The summed E-state index contributed by atoms with van der Waals surface area (Å²) in [4.78, 5) is 0. The number of hydrogen-bond acceptors (Lipinski definition) is 0. The van der Waals surface area contributed by atoms with E-state index in [4.69, 9.17) is 0 Å². The summed E-state index contributed by atoms with van der Waals surface area (Å²) in [6, 6.07) is 0. The molecule has 0 bridgehead atoms. The van der Waals surface area contributed by atoms with Gasteiger partial charge in [-0.1, -0.05) is 20.8 Å². The summed E-state index contributed by atoms with van der Waals surface area (Å²) < 4.78 is 12.2. The molecular weight excluding hydrogens is 127 g/mol. The third kappa shape index (κ3) is 1.33. The minimum Gasteiger partial charge on any atom is -0.251 e. The fourth-order valence-corrected chi connectivity index (χ4v) is 1.89. The molecule has 0 spiro atoms. The number of rotatable bonds is 1. The lowest BCUT2D eigenvalue weighted by atomic mass is 9.62. The highest BCUT2D eigenvalue weighted by atomic mass is 19.1. The molecule has 0 heterocycles. The monoisotopic (exact) mass is 144 g/mol. The normalized spacial score (nSPS) is 33.6. The van der Waals surface area contributed by atoms with Crippen molar-refractivity contribution in [3.63, 3.8) is 0 Å². The van der Waals surface area contributed by atoms with Crippen molar-refractivity contribution >= 4 is 0 Å². The molecule has 10 heavy (non-hydrogen) atoms. The molecule has 0 aromatic carbocycles. The van der Waals surface area contributed by atoms with Gasteiger partial charge in [-0.2, -0.15) is 0 Å². The molecule has 60 valence electrons. The Morgan fingerprint density at radius 2 is 1.90 bits per heavy atom. The third-order valence-corrected chi connectivity index (χ3v) is 2.73. The van der Waals surface area contributed by atoms with Crippen LogP contribution in [0.15, 0.2) is 0 Å². The summed E-state index contributed by atoms with van der Waals surface area (Å²) >= 11 is 0. The van der Waals surface area contributed by atoms with Gasteiger partial charge in [-0.05, 0) is 30.1 Å². The SMILES string of the molecule is CC(C)(C)C1CCC1CF. The Balaban J connectivity index is 2.43. The van der Waals surface area contributed by atoms with Gasteiger partial charge in [0.1, 0.15) is 0 Å². The Morgan fingerprint density at radius 1 is 1.30 bits per heavy atom. The maximum atomic E-state index is 12.2. The Bertz CT molecular complexity index is 110. The van der Waals surface area contributed by atoms with Crippen molar-refractivity contribution in [2.45, 2.75) is 33.6 Å². The van der Waals surface area contributed by atoms with Gasteiger partial charge in [-0.25, -0.2) is 0 Å². The smallest absolute Gasteiger partial charge is 0.0925 e. The van der Waals surface area contributed by atoms with Crippen molar-refractivity contribution in [2.75, 3.05) is 6.67 Å². The van der Waals surface area contributed by atoms with E-state index in [0.29, 0.717) is 17.3 Å². The zero-order valence-electron chi connectivity index (χ0n) is 7.15. The molecule has 0 aromatic heterocycles. The predicted molar refractivity (Wildman–Crippen MR) is 41.6 cm³/mol. The molecule has 0 aliphatic heterocycles. The number of hydrogen-bond donors (Lipinski definition) is 0. The van der Waals surface area contributed by atoms with Crippen LogP contribution < -0.4 is 0 Å². The van der Waals surface area contributed by atoms with Crippen LogP contribution in [0.5, 0.6) is 0 Å². The first-order valence-electron chi connectivity index (χ1n) is 4.11. The van der Waals surface area contributed by atoms with Crippen LogP contribution in [-0.4, -0.2) is 6.67 Å². The van der Waals surface area contributed by atoms with E-state index in [1.165, 1.54) is 6.42 Å². The Kier molecular flexibility index (Phi) is 2.02. The van der Waals surface area contributed by atoms with Gasteiger partial charge in [0.15, 0.2) is 0 Å². The van der Waals surface area contributed by atoms with Crippen molar-refractivity contribution in [2.24, 2.45) is 17.3 Å². The minimum atomic E-state index is -0.109. The van der Waals surface area contributed by atoms with E-state index in [9.17, 15) is 4.39 Å². The van der Waals surface area contributed by atoms with E-state index in [2.05, 4.69) is 20.8 Å². The van der Waals surface area contributed by atoms with E-state index < -0.39 is 0 Å². The van der Waals surface area contributed by atoms with E-state index in [-0.39, 0.29) is 6.67 Å². The lowest BCUT2D eigenvalue weighted by molar-refractivity contribution is 0.0388. The second-order valence-electron chi connectivity index (χ2n) is 4.46. The van der Waals surface area contributed by atoms with Gasteiger partial charge in [0.05, 0.1) is 6.67 Å². The average molecular weight is 144 g/mol. The Morgan fingerprint density at radius 3 is 2.00 bits per heavy atom. The Hall–Kier alpha value is -0.0700. The van der Waals surface area contributed by atoms with E-state index in [1.807, 2.05) is 0 Å². The average Bonchev–Trinajstić information content (AvgIpc) is 1.57. The van der Waals surface area contributed by atoms with Gasteiger partial charge in [0, 0.05) is 0 Å². The second kappa shape index (κ2) is 2.52. The fraction of sp³-hybridized carbons (Fsp3) is 1.00. The van der Waals surface area contributed by atoms with Gasteiger partial charge in [0.2, 0.25) is 0 Å². The largest absolute Gasteiger partial charge is 0.251 e. The molecule has 2 unspecified atom stereocenters. The standard InChI is InChI=1S/C9H17F/c1-9(2,3)8-5-4-7(8)6-10/h7-8H,4-6H2,1-3H3. The summed E-state index contributed by atoms with van der Waals surface area (Å²) in [6.07, 6.45) is 2.34. The number of halogens is 1. The maximum Gasteiger partial charge on any atom is 0.0925 e. The first kappa shape index (κ1) is 8.03. The molecule has 0 amide bonds. The predicted octanol–water partition coefficient (Wildman–Crippen LogP) is 3.03. The van der Waals surface area contributed by atoms with Crippen LogP contribution >= 0.6 is 0 Å². The zero-order chi connectivity index (χ0) is 7.78. The van der Waals surface area contributed by atoms with Gasteiger partial charge in [-0.15, -0.1) is 0 Å². The molecule has 0 nitrogen and oxygen atoms in total. The summed E-state index contributed by atoms with van der Waals surface area (Å²) in [5.74, 6) is 1.01. The van der Waals surface area contributed by atoms with E-state index in [0.717, 1.165) is 6.42 Å². The summed E-state index contributed by atoms with van der Waals surface area (Å²) in [5, 5.41) is 0. The third-order valence-electron chi connectivity index (χ3n) is 2.73. The maximum absolute atomic E-state index is 12.2. The quantitative estimate of drug-likeness (QED) is 0.530. The molecule has 0 aromatic rings. The molecule has 1 fully saturated rings. The molecule has 1 aliphatic rings. The first-order chi connectivity index (χ1) is 4.55. The van der Waals surface area contributed by atoms with Gasteiger partial charge < -0.3 is 0 Å². The molecule has 0 radical (unpaired) electrons. The fourth-order valence-electron chi connectivity index (χ4n) is 1.89. The highest BCUT2D eigenvalue weighted by Gasteiger charge is 2.38. The van der Waals surface area contributed by atoms with Crippen LogP contribution in [0.3, 0.4) is 0 Å². The Labute approximate surface area is 62.8 Å². The van der Waals surface area contributed by atoms with Crippen molar-refractivity contribution < 1.29 is 4.39 Å². The van der Waals surface area contributed by atoms with Crippen LogP contribution in [0, 0.1) is 17.3 Å². The van der Waals surface area contributed by atoms with Gasteiger partial charge in [-0.3, -0.25) is 4.39 Å². The van der Waals surface area contributed by atoms with Crippen molar-refractivity contribution in [1.82, 2.24) is 0 Å². The molecule has 1 saturated carbocycles. The van der Waals surface area contributed by atoms with Crippen LogP contribution in [0.4, 0.5) is 4.39 Å². The molecule has 0 N–H and O–H groups in total.